The third-order valence-corrected chi connectivity index (χ3v) is 5.86. The molecular weight excluding hydrogens is 362 g/mol. The van der Waals surface area contributed by atoms with E-state index in [1.165, 1.54) is 11.3 Å². The van der Waals surface area contributed by atoms with Crippen LogP contribution >= 0.6 is 11.3 Å². The van der Waals surface area contributed by atoms with Gasteiger partial charge in [-0.05, 0) is 25.2 Å². The molecule has 0 saturated carbocycles. The molecular formula is C18H19N7OS. The van der Waals surface area contributed by atoms with E-state index in [0.717, 1.165) is 42.9 Å². The van der Waals surface area contributed by atoms with Crippen LogP contribution in [0.15, 0.2) is 28.5 Å². The van der Waals surface area contributed by atoms with E-state index in [1.54, 1.807) is 5.51 Å². The van der Waals surface area contributed by atoms with Crippen molar-refractivity contribution in [2.45, 2.75) is 0 Å². The van der Waals surface area contributed by atoms with Gasteiger partial charge >= 0.3 is 0 Å². The molecule has 4 heterocycles. The number of thiazole rings is 1. The van der Waals surface area contributed by atoms with Crippen LogP contribution < -0.4 is 16.2 Å². The molecule has 0 amide bonds. The lowest BCUT2D eigenvalue weighted by atomic mass is 10.2. The van der Waals surface area contributed by atoms with E-state index in [9.17, 15) is 4.79 Å². The summed E-state index contributed by atoms with van der Waals surface area (Å²) in [5, 5.41) is 0. The summed E-state index contributed by atoms with van der Waals surface area (Å²) in [6.07, 6.45) is 0. The average Bonchev–Trinajstić information content (AvgIpc) is 3.28. The van der Waals surface area contributed by atoms with Crippen LogP contribution in [0.2, 0.25) is 0 Å². The number of hydrogen-bond acceptors (Lipinski definition) is 7. The van der Waals surface area contributed by atoms with Gasteiger partial charge in [0.05, 0.1) is 22.2 Å². The molecule has 1 saturated heterocycles. The zero-order valence-electron chi connectivity index (χ0n) is 14.8. The van der Waals surface area contributed by atoms with E-state index in [-0.39, 0.29) is 5.56 Å². The van der Waals surface area contributed by atoms with Gasteiger partial charge < -0.3 is 25.5 Å². The molecule has 3 aromatic heterocycles. The number of aromatic nitrogens is 4. The smallest absolute Gasteiger partial charge is 0.262 e. The second kappa shape index (κ2) is 6.07. The van der Waals surface area contributed by atoms with Crippen LogP contribution in [0, 0.1) is 0 Å². The first-order chi connectivity index (χ1) is 13.1. The first-order valence-corrected chi connectivity index (χ1v) is 9.67. The molecule has 8 nitrogen and oxygen atoms in total. The standard InChI is InChI=1S/C18H19N7OS/c1-24-4-6-25(7-5-24)10-2-3-11-12(8-10)22-16(21-11)13-14(19)15-18(23-17(13)26)27-9-20-15/h2-3,8-9H,4-7H2,1H3,(H,21,22)(H3,19,23,26). The van der Waals surface area contributed by atoms with Gasteiger partial charge in [-0.25, -0.2) is 9.97 Å². The molecule has 0 unspecified atom stereocenters. The molecule has 0 radical (unpaired) electrons. The molecule has 0 bridgehead atoms. The van der Waals surface area contributed by atoms with E-state index in [0.29, 0.717) is 27.4 Å². The molecule has 1 fully saturated rings. The van der Waals surface area contributed by atoms with Crippen molar-refractivity contribution in [3.05, 3.63) is 34.1 Å². The van der Waals surface area contributed by atoms with Gasteiger partial charge in [-0.2, -0.15) is 0 Å². The van der Waals surface area contributed by atoms with Gasteiger partial charge in [0.1, 0.15) is 21.7 Å². The van der Waals surface area contributed by atoms with Crippen LogP contribution in [0.5, 0.6) is 0 Å². The van der Waals surface area contributed by atoms with E-state index in [4.69, 9.17) is 5.73 Å². The number of fused-ring (bicyclic) bond motifs is 2. The summed E-state index contributed by atoms with van der Waals surface area (Å²) in [4.78, 5) is 32.9. The second-order valence-corrected chi connectivity index (χ2v) is 7.70. The van der Waals surface area contributed by atoms with Gasteiger partial charge in [0.25, 0.3) is 5.56 Å². The number of benzene rings is 1. The molecule has 0 atom stereocenters. The van der Waals surface area contributed by atoms with E-state index >= 15 is 0 Å². The monoisotopic (exact) mass is 381 g/mol. The molecule has 1 aliphatic rings. The van der Waals surface area contributed by atoms with Crippen molar-refractivity contribution in [1.29, 1.82) is 0 Å². The Hall–Kier alpha value is -2.91. The molecule has 4 aromatic rings. The lowest BCUT2D eigenvalue weighted by molar-refractivity contribution is 0.313. The molecule has 138 valence electrons. The summed E-state index contributed by atoms with van der Waals surface area (Å²) in [6, 6.07) is 6.15. The summed E-state index contributed by atoms with van der Waals surface area (Å²) in [7, 11) is 2.14. The first-order valence-electron chi connectivity index (χ1n) is 8.79. The number of piperazine rings is 1. The fraction of sp³-hybridized carbons (Fsp3) is 0.278. The number of aromatic amines is 2. The summed E-state index contributed by atoms with van der Waals surface area (Å²) < 4.78 is 0. The Balaban J connectivity index is 1.58. The van der Waals surface area contributed by atoms with Crippen molar-refractivity contribution in [1.82, 2.24) is 24.8 Å². The molecule has 0 spiro atoms. The van der Waals surface area contributed by atoms with Gasteiger partial charge in [0.15, 0.2) is 0 Å². The number of anilines is 2. The Morgan fingerprint density at radius 2 is 2.00 bits per heavy atom. The van der Waals surface area contributed by atoms with Crippen molar-refractivity contribution < 1.29 is 0 Å². The predicted octanol–water partition coefficient (Wildman–Crippen LogP) is 1.86. The Morgan fingerprint density at radius 3 is 2.81 bits per heavy atom. The van der Waals surface area contributed by atoms with Crippen molar-refractivity contribution >= 4 is 44.1 Å². The van der Waals surface area contributed by atoms with Gasteiger partial charge in [0.2, 0.25) is 0 Å². The zero-order chi connectivity index (χ0) is 18.5. The number of pyridine rings is 1. The maximum Gasteiger partial charge on any atom is 0.262 e. The predicted molar refractivity (Wildman–Crippen MR) is 109 cm³/mol. The van der Waals surface area contributed by atoms with Crippen molar-refractivity contribution in [2.24, 2.45) is 0 Å². The normalized spacial score (nSPS) is 15.8. The average molecular weight is 381 g/mol. The van der Waals surface area contributed by atoms with Crippen LogP contribution in [0.3, 0.4) is 0 Å². The Bertz CT molecular complexity index is 1200. The number of rotatable bonds is 2. The third kappa shape index (κ3) is 2.66. The minimum absolute atomic E-state index is 0.261. The highest BCUT2D eigenvalue weighted by molar-refractivity contribution is 7.16. The highest BCUT2D eigenvalue weighted by Gasteiger charge is 2.19. The maximum absolute atomic E-state index is 12.5. The van der Waals surface area contributed by atoms with Gasteiger partial charge in [-0.15, -0.1) is 11.3 Å². The molecule has 0 aliphatic carbocycles. The molecule has 4 N–H and O–H groups in total. The number of nitrogens with zero attached hydrogens (tertiary/aromatic N) is 4. The number of nitrogens with one attached hydrogen (secondary N) is 2. The first kappa shape index (κ1) is 16.3. The van der Waals surface area contributed by atoms with Crippen LogP contribution in [0.4, 0.5) is 11.4 Å². The number of imidazole rings is 1. The third-order valence-electron chi connectivity index (χ3n) is 5.12. The number of nitrogen functional groups attached to an aromatic ring is 1. The lowest BCUT2D eigenvalue weighted by Gasteiger charge is -2.34. The Labute approximate surface area is 158 Å². The second-order valence-electron chi connectivity index (χ2n) is 6.85. The van der Waals surface area contributed by atoms with Crippen molar-refractivity contribution in [2.75, 3.05) is 43.9 Å². The van der Waals surface area contributed by atoms with Crippen LogP contribution in [-0.4, -0.2) is 58.1 Å². The van der Waals surface area contributed by atoms with Crippen LogP contribution in [0.25, 0.3) is 32.8 Å². The summed E-state index contributed by atoms with van der Waals surface area (Å²) in [6.45, 7) is 4.09. The van der Waals surface area contributed by atoms with Gasteiger partial charge in [-0.1, -0.05) is 0 Å². The highest BCUT2D eigenvalue weighted by Crippen LogP contribution is 2.30. The van der Waals surface area contributed by atoms with Crippen molar-refractivity contribution in [3.8, 4) is 11.4 Å². The molecule has 27 heavy (non-hydrogen) atoms. The van der Waals surface area contributed by atoms with E-state index in [1.807, 2.05) is 6.07 Å². The van der Waals surface area contributed by atoms with Crippen LogP contribution in [-0.2, 0) is 0 Å². The number of hydrogen-bond donors (Lipinski definition) is 3. The maximum atomic E-state index is 12.5. The minimum Gasteiger partial charge on any atom is -0.396 e. The van der Waals surface area contributed by atoms with Gasteiger partial charge in [-0.3, -0.25) is 4.79 Å². The summed E-state index contributed by atoms with van der Waals surface area (Å²) >= 11 is 1.36. The van der Waals surface area contributed by atoms with Gasteiger partial charge in [0, 0.05) is 31.9 Å². The Kier molecular flexibility index (Phi) is 3.66. The van der Waals surface area contributed by atoms with E-state index < -0.39 is 0 Å². The summed E-state index contributed by atoms with van der Waals surface area (Å²) in [5.41, 5.74) is 11.8. The quantitative estimate of drug-likeness (QED) is 0.489. The number of nitrogens with two attached hydrogens (primary N) is 1. The molecule has 1 aromatic carbocycles. The number of likely N-dealkylation sites (N-methyl/N-ethyl adjacent to an activating group) is 1. The highest BCUT2D eigenvalue weighted by atomic mass is 32.1. The SMILES string of the molecule is CN1CCN(c2ccc3nc(-c4c(N)c5ncsc5[nH]c4=O)[nH]c3c2)CC1. The largest absolute Gasteiger partial charge is 0.396 e. The minimum atomic E-state index is -0.261. The lowest BCUT2D eigenvalue weighted by Crippen LogP contribution is -2.44. The van der Waals surface area contributed by atoms with E-state index in [2.05, 4.69) is 48.9 Å². The molecule has 9 heteroatoms. The molecule has 5 rings (SSSR count). The fourth-order valence-corrected chi connectivity index (χ4v) is 4.23. The molecule has 1 aliphatic heterocycles. The Morgan fingerprint density at radius 1 is 1.19 bits per heavy atom. The zero-order valence-corrected chi connectivity index (χ0v) is 15.6. The summed E-state index contributed by atoms with van der Waals surface area (Å²) in [5.74, 6) is 0.467. The van der Waals surface area contributed by atoms with Crippen molar-refractivity contribution in [3.63, 3.8) is 0 Å². The topological polar surface area (TPSA) is 107 Å². The van der Waals surface area contributed by atoms with Crippen LogP contribution in [0.1, 0.15) is 0 Å². The fourth-order valence-electron chi connectivity index (χ4n) is 3.55. The number of H-pyrrole nitrogens is 2.